The maximum absolute atomic E-state index is 2.35. The van der Waals surface area contributed by atoms with Gasteiger partial charge in [0, 0.05) is 0 Å². The lowest BCUT2D eigenvalue weighted by Crippen LogP contribution is -2.30. The van der Waals surface area contributed by atoms with E-state index in [1.807, 2.05) is 0 Å². The Morgan fingerprint density at radius 2 is 1.42 bits per heavy atom. The van der Waals surface area contributed by atoms with Gasteiger partial charge in [-0.3, -0.25) is 0 Å². The van der Waals surface area contributed by atoms with Crippen molar-refractivity contribution in [1.82, 2.24) is 4.57 Å². The molecule has 1 aromatic rings. The van der Waals surface area contributed by atoms with Gasteiger partial charge < -0.3 is 0 Å². The summed E-state index contributed by atoms with van der Waals surface area (Å²) >= 11 is 0. The summed E-state index contributed by atoms with van der Waals surface area (Å²) in [6.45, 7) is 6.91. The average molecular weight is 265 g/mol. The fourth-order valence-corrected chi connectivity index (χ4v) is 2.50. The molecule has 1 rings (SSSR count). The highest BCUT2D eigenvalue weighted by molar-refractivity contribution is 4.66. The van der Waals surface area contributed by atoms with Crippen molar-refractivity contribution < 1.29 is 4.57 Å². The molecule has 0 saturated heterocycles. The van der Waals surface area contributed by atoms with Crippen LogP contribution in [0, 0.1) is 0 Å². The van der Waals surface area contributed by atoms with Gasteiger partial charge in [0.2, 0.25) is 6.33 Å². The topological polar surface area (TPSA) is 8.81 Å². The Hall–Kier alpha value is -0.790. The summed E-state index contributed by atoms with van der Waals surface area (Å²) in [5.74, 6) is 0. The van der Waals surface area contributed by atoms with Gasteiger partial charge in [0.25, 0.3) is 0 Å². The molecule has 0 amide bonds. The minimum Gasteiger partial charge on any atom is -0.237 e. The highest BCUT2D eigenvalue weighted by atomic mass is 15.1. The molecular weight excluding hydrogens is 232 g/mol. The molecule has 0 aliphatic carbocycles. The molecular formula is C17H33N2+. The van der Waals surface area contributed by atoms with E-state index in [4.69, 9.17) is 0 Å². The Labute approximate surface area is 119 Å². The minimum atomic E-state index is 1.18. The number of rotatable bonds is 12. The normalized spacial score (nSPS) is 11.1. The van der Waals surface area contributed by atoms with Crippen LogP contribution in [0.4, 0.5) is 0 Å². The van der Waals surface area contributed by atoms with Crippen molar-refractivity contribution in [2.24, 2.45) is 0 Å². The van der Waals surface area contributed by atoms with Gasteiger partial charge in [-0.25, -0.2) is 9.13 Å². The minimum absolute atomic E-state index is 1.18. The zero-order valence-electron chi connectivity index (χ0n) is 13.1. The van der Waals surface area contributed by atoms with Crippen LogP contribution in [0.3, 0.4) is 0 Å². The lowest BCUT2D eigenvalue weighted by atomic mass is 10.1. The molecule has 19 heavy (non-hydrogen) atoms. The Bertz CT molecular complexity index is 304. The number of imidazole rings is 1. The van der Waals surface area contributed by atoms with Gasteiger partial charge in [0.15, 0.2) is 0 Å². The lowest BCUT2D eigenvalue weighted by molar-refractivity contribution is -0.696. The standard InChI is InChI=1S/C17H33N2/c1-3-5-7-8-9-10-12-14-19-16-15-18(17-19)13-11-6-4-2/h15-17H,3-14H2,1-2H3/q+1. The van der Waals surface area contributed by atoms with Crippen LogP contribution in [0.2, 0.25) is 0 Å². The zero-order valence-corrected chi connectivity index (χ0v) is 13.1. The maximum Gasteiger partial charge on any atom is 0.243 e. The highest BCUT2D eigenvalue weighted by Crippen LogP contribution is 2.07. The average Bonchev–Trinajstić information content (AvgIpc) is 2.86. The zero-order chi connectivity index (χ0) is 13.8. The first-order valence-electron chi connectivity index (χ1n) is 8.41. The number of hydrogen-bond acceptors (Lipinski definition) is 0. The van der Waals surface area contributed by atoms with Gasteiger partial charge in [-0.05, 0) is 25.7 Å². The summed E-state index contributed by atoms with van der Waals surface area (Å²) in [5.41, 5.74) is 0. The SMILES string of the molecule is CCCCCCCCCn1cc[n+](CCCCC)c1. The van der Waals surface area contributed by atoms with Crippen LogP contribution in [0.25, 0.3) is 0 Å². The fourth-order valence-electron chi connectivity index (χ4n) is 2.50. The van der Waals surface area contributed by atoms with E-state index in [2.05, 4.69) is 41.7 Å². The second-order valence-corrected chi connectivity index (χ2v) is 5.72. The van der Waals surface area contributed by atoms with Crippen molar-refractivity contribution in [3.63, 3.8) is 0 Å². The van der Waals surface area contributed by atoms with Crippen molar-refractivity contribution in [2.45, 2.75) is 91.1 Å². The van der Waals surface area contributed by atoms with E-state index in [1.165, 1.54) is 77.3 Å². The van der Waals surface area contributed by atoms with E-state index in [1.54, 1.807) is 0 Å². The third-order valence-electron chi connectivity index (χ3n) is 3.79. The van der Waals surface area contributed by atoms with Crippen LogP contribution >= 0.6 is 0 Å². The molecule has 0 N–H and O–H groups in total. The van der Waals surface area contributed by atoms with Crippen molar-refractivity contribution in [2.75, 3.05) is 0 Å². The van der Waals surface area contributed by atoms with Gasteiger partial charge in [-0.1, -0.05) is 52.4 Å². The molecule has 0 atom stereocenters. The molecule has 110 valence electrons. The molecule has 2 heteroatoms. The van der Waals surface area contributed by atoms with Crippen LogP contribution in [-0.2, 0) is 13.1 Å². The molecule has 0 unspecified atom stereocenters. The summed E-state index contributed by atoms with van der Waals surface area (Å²) in [6.07, 6.45) is 20.4. The molecule has 0 fully saturated rings. The van der Waals surface area contributed by atoms with Crippen molar-refractivity contribution in [3.05, 3.63) is 18.7 Å². The molecule has 0 bridgehead atoms. The Morgan fingerprint density at radius 3 is 2.16 bits per heavy atom. The first-order chi connectivity index (χ1) is 9.36. The molecule has 2 nitrogen and oxygen atoms in total. The molecule has 1 aromatic heterocycles. The third-order valence-corrected chi connectivity index (χ3v) is 3.79. The Kier molecular flexibility index (Phi) is 9.48. The van der Waals surface area contributed by atoms with E-state index < -0.39 is 0 Å². The van der Waals surface area contributed by atoms with Crippen LogP contribution in [0.1, 0.15) is 78.1 Å². The van der Waals surface area contributed by atoms with Gasteiger partial charge in [-0.2, -0.15) is 0 Å². The number of unbranched alkanes of at least 4 members (excludes halogenated alkanes) is 8. The van der Waals surface area contributed by atoms with Crippen molar-refractivity contribution in [1.29, 1.82) is 0 Å². The number of hydrogen-bond donors (Lipinski definition) is 0. The largest absolute Gasteiger partial charge is 0.243 e. The molecule has 0 aromatic carbocycles. The smallest absolute Gasteiger partial charge is 0.237 e. The summed E-state index contributed by atoms with van der Waals surface area (Å²) < 4.78 is 4.68. The van der Waals surface area contributed by atoms with E-state index >= 15 is 0 Å². The van der Waals surface area contributed by atoms with Crippen LogP contribution in [0.15, 0.2) is 18.7 Å². The highest BCUT2D eigenvalue weighted by Gasteiger charge is 2.02. The quantitative estimate of drug-likeness (QED) is 0.382. The van der Waals surface area contributed by atoms with Gasteiger partial charge in [0.1, 0.15) is 12.4 Å². The molecule has 0 saturated carbocycles. The Morgan fingerprint density at radius 1 is 0.789 bits per heavy atom. The Balaban J connectivity index is 2.03. The van der Waals surface area contributed by atoms with Crippen LogP contribution in [0.5, 0.6) is 0 Å². The summed E-state index contributed by atoms with van der Waals surface area (Å²) in [6, 6.07) is 0. The van der Waals surface area contributed by atoms with Gasteiger partial charge in [0.05, 0.1) is 13.1 Å². The molecule has 0 radical (unpaired) electrons. The number of aromatic nitrogens is 2. The number of aryl methyl sites for hydroxylation is 2. The predicted molar refractivity (Wildman–Crippen MR) is 82.1 cm³/mol. The molecule has 0 aliphatic heterocycles. The van der Waals surface area contributed by atoms with Crippen LogP contribution < -0.4 is 4.57 Å². The maximum atomic E-state index is 2.35. The second-order valence-electron chi connectivity index (χ2n) is 5.72. The van der Waals surface area contributed by atoms with E-state index in [0.29, 0.717) is 0 Å². The van der Waals surface area contributed by atoms with Gasteiger partial charge in [-0.15, -0.1) is 0 Å². The monoisotopic (exact) mass is 265 g/mol. The van der Waals surface area contributed by atoms with Crippen molar-refractivity contribution in [3.8, 4) is 0 Å². The first kappa shape index (κ1) is 16.3. The molecule has 0 aliphatic rings. The molecule has 0 spiro atoms. The summed E-state index contributed by atoms with van der Waals surface area (Å²) in [5, 5.41) is 0. The first-order valence-corrected chi connectivity index (χ1v) is 8.41. The molecule has 1 heterocycles. The van der Waals surface area contributed by atoms with Gasteiger partial charge >= 0.3 is 0 Å². The van der Waals surface area contributed by atoms with Crippen molar-refractivity contribution >= 4 is 0 Å². The van der Waals surface area contributed by atoms with E-state index in [-0.39, 0.29) is 0 Å². The summed E-state index contributed by atoms with van der Waals surface area (Å²) in [4.78, 5) is 0. The van der Waals surface area contributed by atoms with E-state index in [9.17, 15) is 0 Å². The third kappa shape index (κ3) is 8.07. The lowest BCUT2D eigenvalue weighted by Gasteiger charge is -1.99. The second kappa shape index (κ2) is 11.1. The predicted octanol–water partition coefficient (Wildman–Crippen LogP) is 4.72. The fraction of sp³-hybridized carbons (Fsp3) is 0.824. The summed E-state index contributed by atoms with van der Waals surface area (Å²) in [7, 11) is 0. The van der Waals surface area contributed by atoms with E-state index in [0.717, 1.165) is 0 Å². The van der Waals surface area contributed by atoms with Crippen LogP contribution in [-0.4, -0.2) is 4.57 Å². The number of nitrogens with zero attached hydrogens (tertiary/aromatic N) is 2.